The average Bonchev–Trinajstić information content (AvgIpc) is 3.35. The number of aromatic amines is 1. The number of anilines is 1. The Kier molecular flexibility index (Phi) is 7.83. The summed E-state index contributed by atoms with van der Waals surface area (Å²) in [6, 6.07) is 15.5. The van der Waals surface area contributed by atoms with Crippen molar-refractivity contribution in [1.82, 2.24) is 9.97 Å². The van der Waals surface area contributed by atoms with Crippen LogP contribution in [0.1, 0.15) is 23.7 Å². The first kappa shape index (κ1) is 25.8. The van der Waals surface area contributed by atoms with Crippen molar-refractivity contribution in [2.45, 2.75) is 19.4 Å². The fourth-order valence-corrected chi connectivity index (χ4v) is 3.95. The molecule has 0 fully saturated rings. The molecule has 2 N–H and O–H groups in total. The molecule has 10 heteroatoms. The standard InChI is InChI=1S/C27H26ClN3O6/c1-5-22(26(32)31-21-13-18(28)23(35-3)14-24(21)36-4)37-27(33)16-8-11-19-20(12-16)30-25(29-19)15-6-9-17(34-2)10-7-15/h6-14,22H,5H2,1-4H3,(H,29,30)(H,31,32). The number of methoxy groups -OCH3 is 3. The molecular formula is C27H26ClN3O6. The van der Waals surface area contributed by atoms with E-state index in [1.807, 2.05) is 24.3 Å². The Labute approximate surface area is 218 Å². The van der Waals surface area contributed by atoms with Gasteiger partial charge in [-0.1, -0.05) is 18.5 Å². The number of amides is 1. The van der Waals surface area contributed by atoms with Crippen molar-refractivity contribution in [1.29, 1.82) is 0 Å². The van der Waals surface area contributed by atoms with Crippen molar-refractivity contribution in [3.63, 3.8) is 0 Å². The Balaban J connectivity index is 1.49. The van der Waals surface area contributed by atoms with Crippen LogP contribution in [0.2, 0.25) is 5.02 Å². The lowest BCUT2D eigenvalue weighted by molar-refractivity contribution is -0.124. The van der Waals surface area contributed by atoms with Gasteiger partial charge in [-0.15, -0.1) is 0 Å². The van der Waals surface area contributed by atoms with Gasteiger partial charge in [0.2, 0.25) is 0 Å². The Hall–Kier alpha value is -4.24. The van der Waals surface area contributed by atoms with E-state index in [0.29, 0.717) is 39.1 Å². The summed E-state index contributed by atoms with van der Waals surface area (Å²) in [5, 5.41) is 3.01. The van der Waals surface area contributed by atoms with Crippen LogP contribution in [0.3, 0.4) is 0 Å². The van der Waals surface area contributed by atoms with Crippen LogP contribution < -0.4 is 19.5 Å². The van der Waals surface area contributed by atoms with Gasteiger partial charge in [-0.2, -0.15) is 0 Å². The lowest BCUT2D eigenvalue weighted by Gasteiger charge is -2.18. The quantitative estimate of drug-likeness (QED) is 0.279. The molecule has 1 heterocycles. The average molecular weight is 524 g/mol. The van der Waals surface area contributed by atoms with Gasteiger partial charge in [-0.05, 0) is 55.0 Å². The predicted octanol–water partition coefficient (Wildman–Crippen LogP) is 5.48. The maximum absolute atomic E-state index is 12.9. The smallest absolute Gasteiger partial charge is 0.338 e. The lowest BCUT2D eigenvalue weighted by atomic mass is 10.2. The molecule has 4 rings (SSSR count). The summed E-state index contributed by atoms with van der Waals surface area (Å²) in [6.45, 7) is 1.75. The van der Waals surface area contributed by atoms with Crippen molar-refractivity contribution in [3.8, 4) is 28.6 Å². The number of halogens is 1. The summed E-state index contributed by atoms with van der Waals surface area (Å²) in [5.41, 5.74) is 2.84. The normalized spacial score (nSPS) is 11.6. The van der Waals surface area contributed by atoms with Crippen LogP contribution in [0.25, 0.3) is 22.4 Å². The minimum atomic E-state index is -1.04. The van der Waals surface area contributed by atoms with E-state index in [9.17, 15) is 9.59 Å². The van der Waals surface area contributed by atoms with E-state index in [-0.39, 0.29) is 12.0 Å². The molecule has 1 atom stereocenters. The number of rotatable bonds is 9. The maximum atomic E-state index is 12.9. The summed E-state index contributed by atoms with van der Waals surface area (Å²) in [7, 11) is 4.54. The number of H-pyrrole nitrogens is 1. The zero-order valence-corrected chi connectivity index (χ0v) is 21.5. The highest BCUT2D eigenvalue weighted by molar-refractivity contribution is 6.32. The third-order valence-electron chi connectivity index (χ3n) is 5.73. The van der Waals surface area contributed by atoms with Gasteiger partial charge in [0, 0.05) is 11.6 Å². The van der Waals surface area contributed by atoms with Crippen LogP contribution in [-0.4, -0.2) is 49.3 Å². The van der Waals surface area contributed by atoms with Gasteiger partial charge in [0.05, 0.1) is 48.6 Å². The summed E-state index contributed by atoms with van der Waals surface area (Å²) >= 11 is 6.19. The van der Waals surface area contributed by atoms with Gasteiger partial charge in [-0.3, -0.25) is 4.79 Å². The molecule has 1 amide bonds. The molecule has 0 aliphatic rings. The van der Waals surface area contributed by atoms with Crippen molar-refractivity contribution < 1.29 is 28.5 Å². The highest BCUT2D eigenvalue weighted by atomic mass is 35.5. The molecule has 192 valence electrons. The molecule has 4 aromatic rings. The van der Waals surface area contributed by atoms with E-state index in [0.717, 1.165) is 11.3 Å². The van der Waals surface area contributed by atoms with Gasteiger partial charge >= 0.3 is 5.97 Å². The third kappa shape index (κ3) is 5.62. The zero-order chi connectivity index (χ0) is 26.5. The summed E-state index contributed by atoms with van der Waals surface area (Å²) in [6.07, 6.45) is -0.775. The van der Waals surface area contributed by atoms with Crippen LogP contribution in [0.4, 0.5) is 5.69 Å². The first-order chi connectivity index (χ1) is 17.9. The number of carbonyl (C=O) groups is 2. The molecule has 1 unspecified atom stereocenters. The zero-order valence-electron chi connectivity index (χ0n) is 20.8. The largest absolute Gasteiger partial charge is 0.497 e. The van der Waals surface area contributed by atoms with Gasteiger partial charge in [0.15, 0.2) is 6.10 Å². The first-order valence-electron chi connectivity index (χ1n) is 11.4. The number of nitrogens with zero attached hydrogens (tertiary/aromatic N) is 1. The number of benzene rings is 3. The summed E-state index contributed by atoms with van der Waals surface area (Å²) < 4.78 is 21.2. The number of nitrogens with one attached hydrogen (secondary N) is 2. The van der Waals surface area contributed by atoms with Crippen LogP contribution in [-0.2, 0) is 9.53 Å². The van der Waals surface area contributed by atoms with Crippen molar-refractivity contribution in [2.24, 2.45) is 0 Å². The van der Waals surface area contributed by atoms with Crippen LogP contribution >= 0.6 is 11.6 Å². The number of hydrogen-bond donors (Lipinski definition) is 2. The monoisotopic (exact) mass is 523 g/mol. The fraction of sp³-hybridized carbons (Fsp3) is 0.222. The lowest BCUT2D eigenvalue weighted by Crippen LogP contribution is -2.32. The number of carbonyl (C=O) groups excluding carboxylic acids is 2. The SMILES string of the molecule is CCC(OC(=O)c1ccc2nc(-c3ccc(OC)cc3)[nH]c2c1)C(=O)Nc1cc(Cl)c(OC)cc1OC. The van der Waals surface area contributed by atoms with Crippen molar-refractivity contribution in [2.75, 3.05) is 26.6 Å². The van der Waals surface area contributed by atoms with E-state index in [2.05, 4.69) is 15.3 Å². The Morgan fingerprint density at radius 1 is 0.973 bits per heavy atom. The molecule has 0 bridgehead atoms. The maximum Gasteiger partial charge on any atom is 0.338 e. The third-order valence-corrected chi connectivity index (χ3v) is 6.02. The highest BCUT2D eigenvalue weighted by Gasteiger charge is 2.24. The van der Waals surface area contributed by atoms with Crippen molar-refractivity contribution in [3.05, 3.63) is 65.2 Å². The second-order valence-corrected chi connectivity index (χ2v) is 8.43. The molecule has 9 nitrogen and oxygen atoms in total. The molecule has 3 aromatic carbocycles. The van der Waals surface area contributed by atoms with Crippen LogP contribution in [0, 0.1) is 0 Å². The molecule has 0 radical (unpaired) electrons. The van der Waals surface area contributed by atoms with E-state index < -0.39 is 18.0 Å². The Bertz CT molecular complexity index is 1430. The predicted molar refractivity (Wildman–Crippen MR) is 141 cm³/mol. The minimum absolute atomic E-state index is 0.262. The fourth-order valence-electron chi connectivity index (χ4n) is 3.71. The molecule has 1 aromatic heterocycles. The second kappa shape index (κ2) is 11.2. The summed E-state index contributed by atoms with van der Waals surface area (Å²) in [4.78, 5) is 33.6. The molecule has 0 saturated heterocycles. The van der Waals surface area contributed by atoms with Gasteiger partial charge < -0.3 is 29.2 Å². The van der Waals surface area contributed by atoms with E-state index in [4.69, 9.17) is 30.5 Å². The van der Waals surface area contributed by atoms with Crippen LogP contribution in [0.15, 0.2) is 54.6 Å². The number of esters is 1. The minimum Gasteiger partial charge on any atom is -0.497 e. The van der Waals surface area contributed by atoms with Crippen molar-refractivity contribution >= 4 is 40.2 Å². The molecule has 0 aliphatic carbocycles. The number of aromatic nitrogens is 2. The van der Waals surface area contributed by atoms with Gasteiger partial charge in [0.25, 0.3) is 5.91 Å². The van der Waals surface area contributed by atoms with Crippen LogP contribution in [0.5, 0.6) is 17.2 Å². The molecule has 37 heavy (non-hydrogen) atoms. The van der Waals surface area contributed by atoms with Gasteiger partial charge in [-0.25, -0.2) is 9.78 Å². The number of fused-ring (bicyclic) bond motifs is 1. The van der Waals surface area contributed by atoms with Gasteiger partial charge in [0.1, 0.15) is 23.1 Å². The molecular weight excluding hydrogens is 498 g/mol. The van der Waals surface area contributed by atoms with E-state index in [1.54, 1.807) is 38.3 Å². The molecule has 0 saturated carbocycles. The molecule has 0 spiro atoms. The van der Waals surface area contributed by atoms with E-state index >= 15 is 0 Å². The number of hydrogen-bond acceptors (Lipinski definition) is 7. The number of imidazole rings is 1. The first-order valence-corrected chi connectivity index (χ1v) is 11.8. The Morgan fingerprint density at radius 2 is 1.70 bits per heavy atom. The highest BCUT2D eigenvalue weighted by Crippen LogP contribution is 2.36. The Morgan fingerprint density at radius 3 is 2.35 bits per heavy atom. The number of ether oxygens (including phenoxy) is 4. The van der Waals surface area contributed by atoms with E-state index in [1.165, 1.54) is 20.3 Å². The topological polar surface area (TPSA) is 112 Å². The second-order valence-electron chi connectivity index (χ2n) is 8.02. The molecule has 0 aliphatic heterocycles. The summed E-state index contributed by atoms with van der Waals surface area (Å²) in [5.74, 6) is 1.01.